The summed E-state index contributed by atoms with van der Waals surface area (Å²) >= 11 is 0. The summed E-state index contributed by atoms with van der Waals surface area (Å²) in [6, 6.07) is 5.79. The van der Waals surface area contributed by atoms with Crippen molar-refractivity contribution in [2.24, 2.45) is 0 Å². The summed E-state index contributed by atoms with van der Waals surface area (Å²) in [4.78, 5) is 22.6. The van der Waals surface area contributed by atoms with Gasteiger partial charge in [0, 0.05) is 12.5 Å². The molecule has 106 valence electrons. The first-order chi connectivity index (χ1) is 9.69. The second kappa shape index (κ2) is 6.75. The molecule has 0 saturated heterocycles. The van der Waals surface area contributed by atoms with Gasteiger partial charge in [-0.25, -0.2) is 0 Å². The summed E-state index contributed by atoms with van der Waals surface area (Å²) in [5.74, 6) is 0.146. The first kappa shape index (κ1) is 14.1. The van der Waals surface area contributed by atoms with Crippen molar-refractivity contribution in [3.05, 3.63) is 35.4 Å². The normalized spacial score (nSPS) is 12.8. The maximum atomic E-state index is 11.5. The van der Waals surface area contributed by atoms with E-state index < -0.39 is 5.97 Å². The second-order valence-electron chi connectivity index (χ2n) is 4.32. The van der Waals surface area contributed by atoms with Crippen molar-refractivity contribution in [2.75, 3.05) is 19.8 Å². The lowest BCUT2D eigenvalue weighted by Gasteiger charge is -2.02. The van der Waals surface area contributed by atoms with Crippen LogP contribution in [0.5, 0.6) is 5.75 Å². The molecule has 1 aliphatic heterocycles. The highest BCUT2D eigenvalue weighted by atomic mass is 16.5. The van der Waals surface area contributed by atoms with E-state index >= 15 is 0 Å². The van der Waals surface area contributed by atoms with Crippen LogP contribution in [0, 0.1) is 0 Å². The molecule has 0 aromatic heterocycles. The first-order valence-electron chi connectivity index (χ1n) is 6.56. The van der Waals surface area contributed by atoms with Gasteiger partial charge in [-0.05, 0) is 36.3 Å². The van der Waals surface area contributed by atoms with Crippen LogP contribution >= 0.6 is 0 Å². The average molecular weight is 275 g/mol. The summed E-state index contributed by atoms with van der Waals surface area (Å²) in [7, 11) is 0. The summed E-state index contributed by atoms with van der Waals surface area (Å²) in [6.07, 6.45) is 4.00. The molecule has 0 saturated carbocycles. The van der Waals surface area contributed by atoms with Gasteiger partial charge in [0.1, 0.15) is 12.3 Å². The lowest BCUT2D eigenvalue weighted by molar-refractivity contribution is -0.143. The zero-order chi connectivity index (χ0) is 14.4. The molecule has 0 unspecified atom stereocenters. The Labute approximate surface area is 117 Å². The maximum Gasteiger partial charge on any atom is 0.325 e. The van der Waals surface area contributed by atoms with Crippen molar-refractivity contribution in [2.45, 2.75) is 13.3 Å². The number of hydrogen-bond donors (Lipinski definition) is 1. The predicted molar refractivity (Wildman–Crippen MR) is 74.3 cm³/mol. The van der Waals surface area contributed by atoms with Crippen LogP contribution in [-0.4, -0.2) is 31.6 Å². The molecule has 5 heteroatoms. The Morgan fingerprint density at radius 1 is 1.45 bits per heavy atom. The standard InChI is InChI=1S/C15H17NO4/c1-2-19-15(18)10-16-14(17)6-4-11-3-5-13-12(9-11)7-8-20-13/h3-6,9H,2,7-8,10H2,1H3,(H,16,17)/b6-4+. The molecule has 2 rings (SSSR count). The molecule has 1 N–H and O–H groups in total. The highest BCUT2D eigenvalue weighted by Gasteiger charge is 2.11. The summed E-state index contributed by atoms with van der Waals surface area (Å²) in [5.41, 5.74) is 2.08. The van der Waals surface area contributed by atoms with Crippen molar-refractivity contribution in [3.8, 4) is 5.75 Å². The average Bonchev–Trinajstić information content (AvgIpc) is 2.90. The Balaban J connectivity index is 1.86. The summed E-state index contributed by atoms with van der Waals surface area (Å²) in [6.45, 7) is 2.62. The van der Waals surface area contributed by atoms with E-state index in [-0.39, 0.29) is 12.5 Å². The van der Waals surface area contributed by atoms with Crippen LogP contribution in [0.15, 0.2) is 24.3 Å². The summed E-state index contributed by atoms with van der Waals surface area (Å²) in [5, 5.41) is 2.46. The maximum absolute atomic E-state index is 11.5. The van der Waals surface area contributed by atoms with Crippen LogP contribution < -0.4 is 10.1 Å². The van der Waals surface area contributed by atoms with Gasteiger partial charge in [-0.15, -0.1) is 0 Å². The van der Waals surface area contributed by atoms with Crippen LogP contribution in [0.3, 0.4) is 0 Å². The number of carbonyl (C=O) groups excluding carboxylic acids is 2. The number of benzene rings is 1. The van der Waals surface area contributed by atoms with E-state index in [9.17, 15) is 9.59 Å². The topological polar surface area (TPSA) is 64.6 Å². The largest absolute Gasteiger partial charge is 0.493 e. The minimum absolute atomic E-state index is 0.116. The van der Waals surface area contributed by atoms with Crippen LogP contribution in [0.1, 0.15) is 18.1 Å². The van der Waals surface area contributed by atoms with Gasteiger partial charge in [0.25, 0.3) is 0 Å². The zero-order valence-electron chi connectivity index (χ0n) is 11.3. The minimum Gasteiger partial charge on any atom is -0.493 e. The Kier molecular flexibility index (Phi) is 4.76. The second-order valence-corrected chi connectivity index (χ2v) is 4.32. The molecule has 1 aromatic rings. The van der Waals surface area contributed by atoms with E-state index in [0.717, 1.165) is 23.3 Å². The van der Waals surface area contributed by atoms with Crippen molar-refractivity contribution < 1.29 is 19.1 Å². The van der Waals surface area contributed by atoms with Crippen LogP contribution in [0.2, 0.25) is 0 Å². The van der Waals surface area contributed by atoms with Crippen LogP contribution in [-0.2, 0) is 20.7 Å². The molecule has 0 atom stereocenters. The molecule has 0 bridgehead atoms. The van der Waals surface area contributed by atoms with Gasteiger partial charge in [0.2, 0.25) is 5.91 Å². The van der Waals surface area contributed by atoms with Gasteiger partial charge in [0.15, 0.2) is 0 Å². The van der Waals surface area contributed by atoms with Crippen molar-refractivity contribution >= 4 is 18.0 Å². The molecule has 0 fully saturated rings. The van der Waals surface area contributed by atoms with E-state index in [0.29, 0.717) is 13.2 Å². The number of nitrogens with one attached hydrogen (secondary N) is 1. The molecule has 1 aromatic carbocycles. The van der Waals surface area contributed by atoms with E-state index in [1.54, 1.807) is 13.0 Å². The molecule has 5 nitrogen and oxygen atoms in total. The molecule has 0 radical (unpaired) electrons. The number of ether oxygens (including phenoxy) is 2. The third-order valence-corrected chi connectivity index (χ3v) is 2.85. The fraction of sp³-hybridized carbons (Fsp3) is 0.333. The monoisotopic (exact) mass is 275 g/mol. The fourth-order valence-electron chi connectivity index (χ4n) is 1.91. The number of hydrogen-bond acceptors (Lipinski definition) is 4. The number of esters is 1. The smallest absolute Gasteiger partial charge is 0.325 e. The van der Waals surface area contributed by atoms with Crippen molar-refractivity contribution in [1.82, 2.24) is 5.32 Å². The highest BCUT2D eigenvalue weighted by Crippen LogP contribution is 2.26. The number of carbonyl (C=O) groups is 2. The third-order valence-electron chi connectivity index (χ3n) is 2.85. The quantitative estimate of drug-likeness (QED) is 0.650. The molecule has 1 amide bonds. The minimum atomic E-state index is -0.441. The lowest BCUT2D eigenvalue weighted by Crippen LogP contribution is -2.29. The van der Waals surface area contributed by atoms with Gasteiger partial charge in [0.05, 0.1) is 13.2 Å². The molecular weight excluding hydrogens is 258 g/mol. The zero-order valence-corrected chi connectivity index (χ0v) is 11.3. The SMILES string of the molecule is CCOC(=O)CNC(=O)/C=C/c1ccc2c(c1)CCO2. The van der Waals surface area contributed by atoms with Gasteiger partial charge in [-0.1, -0.05) is 6.07 Å². The molecular formula is C15H17NO4. The third kappa shape index (κ3) is 3.85. The molecule has 20 heavy (non-hydrogen) atoms. The Bertz CT molecular complexity index is 537. The van der Waals surface area contributed by atoms with Gasteiger partial charge in [-0.3, -0.25) is 9.59 Å². The highest BCUT2D eigenvalue weighted by molar-refractivity contribution is 5.93. The van der Waals surface area contributed by atoms with Crippen LogP contribution in [0.25, 0.3) is 6.08 Å². The van der Waals surface area contributed by atoms with Gasteiger partial charge >= 0.3 is 5.97 Å². The van der Waals surface area contributed by atoms with E-state index in [1.165, 1.54) is 6.08 Å². The molecule has 0 spiro atoms. The molecule has 1 heterocycles. The van der Waals surface area contributed by atoms with Crippen molar-refractivity contribution in [1.29, 1.82) is 0 Å². The fourth-order valence-corrected chi connectivity index (χ4v) is 1.91. The van der Waals surface area contributed by atoms with Crippen molar-refractivity contribution in [3.63, 3.8) is 0 Å². The number of fused-ring (bicyclic) bond motifs is 1. The summed E-state index contributed by atoms with van der Waals surface area (Å²) < 4.78 is 10.1. The lowest BCUT2D eigenvalue weighted by atomic mass is 10.1. The van der Waals surface area contributed by atoms with E-state index in [2.05, 4.69) is 5.32 Å². The molecule has 0 aliphatic carbocycles. The van der Waals surface area contributed by atoms with E-state index in [4.69, 9.17) is 9.47 Å². The molecule has 1 aliphatic rings. The Morgan fingerprint density at radius 2 is 2.30 bits per heavy atom. The van der Waals surface area contributed by atoms with E-state index in [1.807, 2.05) is 18.2 Å². The Hall–Kier alpha value is -2.30. The van der Waals surface area contributed by atoms with Gasteiger partial charge in [-0.2, -0.15) is 0 Å². The Morgan fingerprint density at radius 3 is 3.10 bits per heavy atom. The van der Waals surface area contributed by atoms with Crippen LogP contribution in [0.4, 0.5) is 0 Å². The number of amides is 1. The first-order valence-corrected chi connectivity index (χ1v) is 6.56. The number of rotatable bonds is 5. The predicted octanol–water partition coefficient (Wildman–Crippen LogP) is 1.31. The van der Waals surface area contributed by atoms with Gasteiger partial charge < -0.3 is 14.8 Å².